The first kappa shape index (κ1) is 13.1. The summed E-state index contributed by atoms with van der Waals surface area (Å²) in [4.78, 5) is 0. The molecule has 2 aromatic carbocycles. The van der Waals surface area contributed by atoms with E-state index in [1.807, 2.05) is 13.1 Å². The summed E-state index contributed by atoms with van der Waals surface area (Å²) in [6, 6.07) is 11.2. The molecule has 1 aliphatic rings. The number of nitrogens with one attached hydrogen (secondary N) is 1. The predicted molar refractivity (Wildman–Crippen MR) is 78.4 cm³/mol. The molecule has 0 fully saturated rings. The minimum Gasteiger partial charge on any atom is -0.493 e. The molecular formula is C17H18FNO. The summed E-state index contributed by atoms with van der Waals surface area (Å²) in [5, 5.41) is 3.09. The van der Waals surface area contributed by atoms with Crippen molar-refractivity contribution in [2.45, 2.75) is 19.4 Å². The minimum absolute atomic E-state index is 0.204. The summed E-state index contributed by atoms with van der Waals surface area (Å²) in [7, 11) is 1.87. The van der Waals surface area contributed by atoms with E-state index >= 15 is 0 Å². The molecule has 1 aliphatic heterocycles. The molecule has 0 atom stereocenters. The van der Waals surface area contributed by atoms with Crippen molar-refractivity contribution in [1.29, 1.82) is 0 Å². The van der Waals surface area contributed by atoms with Gasteiger partial charge in [-0.3, -0.25) is 0 Å². The molecule has 104 valence electrons. The van der Waals surface area contributed by atoms with Crippen LogP contribution in [0.2, 0.25) is 0 Å². The number of benzene rings is 2. The van der Waals surface area contributed by atoms with Gasteiger partial charge in [0.15, 0.2) is 0 Å². The lowest BCUT2D eigenvalue weighted by Crippen LogP contribution is -2.11. The first-order valence-corrected chi connectivity index (χ1v) is 6.97. The molecule has 0 aromatic heterocycles. The van der Waals surface area contributed by atoms with Crippen molar-refractivity contribution in [2.24, 2.45) is 0 Å². The van der Waals surface area contributed by atoms with Crippen LogP contribution >= 0.6 is 0 Å². The molecule has 3 heteroatoms. The molecule has 0 unspecified atom stereocenters. The molecule has 0 bridgehead atoms. The van der Waals surface area contributed by atoms with Crippen molar-refractivity contribution < 1.29 is 9.13 Å². The van der Waals surface area contributed by atoms with E-state index in [9.17, 15) is 4.39 Å². The second-order valence-corrected chi connectivity index (χ2v) is 5.08. The number of para-hydroxylation sites is 1. The third kappa shape index (κ3) is 2.41. The molecule has 0 saturated heterocycles. The second-order valence-electron chi connectivity index (χ2n) is 5.08. The highest BCUT2D eigenvalue weighted by molar-refractivity contribution is 5.75. The Morgan fingerprint density at radius 2 is 2.10 bits per heavy atom. The van der Waals surface area contributed by atoms with E-state index < -0.39 is 0 Å². The van der Waals surface area contributed by atoms with E-state index in [0.717, 1.165) is 41.9 Å². The van der Waals surface area contributed by atoms with Crippen LogP contribution in [0.15, 0.2) is 36.4 Å². The van der Waals surface area contributed by atoms with Crippen LogP contribution in [0, 0.1) is 5.82 Å². The molecular weight excluding hydrogens is 253 g/mol. The summed E-state index contributed by atoms with van der Waals surface area (Å²) >= 11 is 0. The van der Waals surface area contributed by atoms with Crippen LogP contribution in [-0.2, 0) is 13.0 Å². The predicted octanol–water partition coefficient (Wildman–Crippen LogP) is 3.54. The Kier molecular flexibility index (Phi) is 3.70. The monoisotopic (exact) mass is 271 g/mol. The zero-order valence-corrected chi connectivity index (χ0v) is 11.6. The number of hydrogen-bond acceptors (Lipinski definition) is 2. The van der Waals surface area contributed by atoms with Gasteiger partial charge in [0.1, 0.15) is 11.6 Å². The lowest BCUT2D eigenvalue weighted by Gasteiger charge is -2.21. The van der Waals surface area contributed by atoms with E-state index in [0.29, 0.717) is 6.54 Å². The molecule has 0 spiro atoms. The Bertz CT molecular complexity index is 624. The Balaban J connectivity index is 2.13. The van der Waals surface area contributed by atoms with Crippen LogP contribution in [0.25, 0.3) is 11.1 Å². The maximum absolute atomic E-state index is 13.5. The third-order valence-electron chi connectivity index (χ3n) is 3.66. The van der Waals surface area contributed by atoms with Gasteiger partial charge in [-0.1, -0.05) is 24.3 Å². The topological polar surface area (TPSA) is 21.3 Å². The van der Waals surface area contributed by atoms with E-state index in [-0.39, 0.29) is 5.82 Å². The molecule has 0 aliphatic carbocycles. The van der Waals surface area contributed by atoms with E-state index in [1.54, 1.807) is 6.07 Å². The minimum atomic E-state index is -0.204. The van der Waals surface area contributed by atoms with Crippen LogP contribution in [0.4, 0.5) is 4.39 Å². The van der Waals surface area contributed by atoms with Crippen molar-refractivity contribution >= 4 is 0 Å². The Morgan fingerprint density at radius 1 is 1.20 bits per heavy atom. The summed E-state index contributed by atoms with van der Waals surface area (Å²) < 4.78 is 19.3. The summed E-state index contributed by atoms with van der Waals surface area (Å²) in [6.07, 6.45) is 2.11. The fourth-order valence-electron chi connectivity index (χ4n) is 2.76. The van der Waals surface area contributed by atoms with Gasteiger partial charge < -0.3 is 10.1 Å². The Labute approximate surface area is 118 Å². The zero-order chi connectivity index (χ0) is 13.9. The van der Waals surface area contributed by atoms with E-state index in [2.05, 4.69) is 23.5 Å². The van der Waals surface area contributed by atoms with Gasteiger partial charge in [-0.2, -0.15) is 0 Å². The number of halogens is 1. The summed E-state index contributed by atoms with van der Waals surface area (Å²) in [6.45, 7) is 1.39. The summed E-state index contributed by atoms with van der Waals surface area (Å²) in [5.74, 6) is 0.757. The second kappa shape index (κ2) is 5.63. The van der Waals surface area contributed by atoms with Gasteiger partial charge in [0, 0.05) is 12.1 Å². The average molecular weight is 271 g/mol. The van der Waals surface area contributed by atoms with Crippen molar-refractivity contribution in [3.05, 3.63) is 53.3 Å². The molecule has 20 heavy (non-hydrogen) atoms. The van der Waals surface area contributed by atoms with Gasteiger partial charge in [-0.15, -0.1) is 0 Å². The maximum Gasteiger partial charge on any atom is 0.130 e. The first-order chi connectivity index (χ1) is 9.79. The lowest BCUT2D eigenvalue weighted by atomic mass is 9.94. The quantitative estimate of drug-likeness (QED) is 0.922. The number of ether oxygens (including phenoxy) is 1. The number of aryl methyl sites for hydroxylation is 1. The normalized spacial score (nSPS) is 13.7. The molecule has 3 rings (SSSR count). The first-order valence-electron chi connectivity index (χ1n) is 6.97. The standard InChI is InChI=1S/C17H18FNO/c1-19-11-13-10-14(18)7-8-15(13)16-6-2-4-12-5-3-9-20-17(12)16/h2,4,6-8,10,19H,3,5,9,11H2,1H3. The van der Waals surface area contributed by atoms with E-state index in [4.69, 9.17) is 4.74 Å². The van der Waals surface area contributed by atoms with Crippen LogP contribution in [0.3, 0.4) is 0 Å². The van der Waals surface area contributed by atoms with Gasteiger partial charge in [0.05, 0.1) is 6.61 Å². The van der Waals surface area contributed by atoms with Crippen LogP contribution < -0.4 is 10.1 Å². The Hall–Kier alpha value is -1.87. The maximum atomic E-state index is 13.5. The van der Waals surface area contributed by atoms with Crippen molar-refractivity contribution in [2.75, 3.05) is 13.7 Å². The van der Waals surface area contributed by atoms with Crippen LogP contribution in [0.5, 0.6) is 5.75 Å². The molecule has 1 heterocycles. The largest absolute Gasteiger partial charge is 0.493 e. The molecule has 0 amide bonds. The fourth-order valence-corrected chi connectivity index (χ4v) is 2.76. The molecule has 0 radical (unpaired) electrons. The van der Waals surface area contributed by atoms with Gasteiger partial charge >= 0.3 is 0 Å². The molecule has 2 nitrogen and oxygen atoms in total. The molecule has 1 N–H and O–H groups in total. The zero-order valence-electron chi connectivity index (χ0n) is 11.6. The third-order valence-corrected chi connectivity index (χ3v) is 3.66. The van der Waals surface area contributed by atoms with Crippen molar-refractivity contribution in [3.8, 4) is 16.9 Å². The van der Waals surface area contributed by atoms with Gasteiger partial charge in [-0.05, 0) is 48.7 Å². The molecule has 0 saturated carbocycles. The van der Waals surface area contributed by atoms with Crippen molar-refractivity contribution in [1.82, 2.24) is 5.32 Å². The lowest BCUT2D eigenvalue weighted by molar-refractivity contribution is 0.289. The summed E-state index contributed by atoms with van der Waals surface area (Å²) in [5.41, 5.74) is 4.30. The highest BCUT2D eigenvalue weighted by Gasteiger charge is 2.17. The van der Waals surface area contributed by atoms with Crippen molar-refractivity contribution in [3.63, 3.8) is 0 Å². The SMILES string of the molecule is CNCc1cc(F)ccc1-c1cccc2c1OCCC2. The number of fused-ring (bicyclic) bond motifs is 1. The fraction of sp³-hybridized carbons (Fsp3) is 0.294. The van der Waals surface area contributed by atoms with E-state index in [1.165, 1.54) is 11.6 Å². The van der Waals surface area contributed by atoms with Gasteiger partial charge in [0.2, 0.25) is 0 Å². The average Bonchev–Trinajstić information content (AvgIpc) is 2.47. The van der Waals surface area contributed by atoms with Crippen LogP contribution in [-0.4, -0.2) is 13.7 Å². The Morgan fingerprint density at radius 3 is 2.95 bits per heavy atom. The van der Waals surface area contributed by atoms with Gasteiger partial charge in [0.25, 0.3) is 0 Å². The van der Waals surface area contributed by atoms with Crippen LogP contribution in [0.1, 0.15) is 17.5 Å². The van der Waals surface area contributed by atoms with Gasteiger partial charge in [-0.25, -0.2) is 4.39 Å². The molecule has 2 aromatic rings. The highest BCUT2D eigenvalue weighted by atomic mass is 19.1. The number of rotatable bonds is 3. The highest BCUT2D eigenvalue weighted by Crippen LogP contribution is 2.37. The smallest absolute Gasteiger partial charge is 0.130 e. The number of hydrogen-bond donors (Lipinski definition) is 1.